The quantitative estimate of drug-likeness (QED) is 0.719. The average molecular weight is 200 g/mol. The van der Waals surface area contributed by atoms with Crippen LogP contribution in [0.4, 0.5) is 0 Å². The third kappa shape index (κ3) is 2.94. The molecule has 1 aliphatic heterocycles. The molecule has 0 aromatic heterocycles. The molecule has 1 heterocycles. The van der Waals surface area contributed by atoms with Crippen molar-refractivity contribution in [1.29, 1.82) is 0 Å². The van der Waals surface area contributed by atoms with E-state index in [9.17, 15) is 0 Å². The highest BCUT2D eigenvalue weighted by Gasteiger charge is 2.30. The average Bonchev–Trinajstić information content (AvgIpc) is 2.27. The van der Waals surface area contributed by atoms with Crippen molar-refractivity contribution in [2.24, 2.45) is 0 Å². The van der Waals surface area contributed by atoms with Crippen LogP contribution in [0.15, 0.2) is 0 Å². The summed E-state index contributed by atoms with van der Waals surface area (Å²) in [7, 11) is 0. The molecular weight excluding hydrogens is 176 g/mol. The molecule has 0 amide bonds. The molecule has 1 unspecified atom stereocenters. The normalized spacial score (nSPS) is 23.4. The van der Waals surface area contributed by atoms with Crippen LogP contribution in [0.5, 0.6) is 0 Å². The van der Waals surface area contributed by atoms with Gasteiger partial charge in [-0.3, -0.25) is 4.90 Å². The van der Waals surface area contributed by atoms with Crippen molar-refractivity contribution in [3.05, 3.63) is 0 Å². The molecule has 0 spiro atoms. The molecule has 0 bridgehead atoms. The molecule has 1 saturated heterocycles. The molecule has 0 aromatic rings. The summed E-state index contributed by atoms with van der Waals surface area (Å²) in [6.45, 7) is 12.9. The zero-order chi connectivity index (χ0) is 10.4. The monoisotopic (exact) mass is 200 g/mol. The topological polar surface area (TPSA) is 24.5 Å². The molecule has 1 atom stereocenters. The Hall–Kier alpha value is -0.120. The SMILES string of the molecule is CCNCC(C)(CC)N1CCOCC1. The van der Waals surface area contributed by atoms with Crippen molar-refractivity contribution in [2.45, 2.75) is 32.7 Å². The van der Waals surface area contributed by atoms with Gasteiger partial charge in [-0.15, -0.1) is 0 Å². The molecule has 1 aliphatic rings. The smallest absolute Gasteiger partial charge is 0.0594 e. The van der Waals surface area contributed by atoms with E-state index < -0.39 is 0 Å². The van der Waals surface area contributed by atoms with Crippen molar-refractivity contribution in [1.82, 2.24) is 10.2 Å². The summed E-state index contributed by atoms with van der Waals surface area (Å²) in [5, 5.41) is 3.45. The van der Waals surface area contributed by atoms with Crippen LogP contribution in [0.3, 0.4) is 0 Å². The molecular formula is C11H24N2O. The van der Waals surface area contributed by atoms with Gasteiger partial charge in [0.1, 0.15) is 0 Å². The Bertz CT molecular complexity index is 157. The fourth-order valence-electron chi connectivity index (χ4n) is 1.96. The highest BCUT2D eigenvalue weighted by Crippen LogP contribution is 2.19. The molecule has 3 nitrogen and oxygen atoms in total. The largest absolute Gasteiger partial charge is 0.379 e. The maximum absolute atomic E-state index is 5.38. The van der Waals surface area contributed by atoms with E-state index in [-0.39, 0.29) is 0 Å². The molecule has 0 aromatic carbocycles. The summed E-state index contributed by atoms with van der Waals surface area (Å²) < 4.78 is 5.38. The van der Waals surface area contributed by atoms with Crippen molar-refractivity contribution >= 4 is 0 Å². The van der Waals surface area contributed by atoms with Gasteiger partial charge in [-0.1, -0.05) is 13.8 Å². The van der Waals surface area contributed by atoms with Crippen LogP contribution in [0, 0.1) is 0 Å². The number of hydrogen-bond donors (Lipinski definition) is 1. The Kier molecular flexibility index (Phi) is 4.85. The minimum atomic E-state index is 0.305. The summed E-state index contributed by atoms with van der Waals surface area (Å²) in [6, 6.07) is 0. The molecule has 0 radical (unpaired) electrons. The van der Waals surface area contributed by atoms with E-state index in [0.717, 1.165) is 39.4 Å². The standard InChI is InChI=1S/C11H24N2O/c1-4-11(3,10-12-5-2)13-6-8-14-9-7-13/h12H,4-10H2,1-3H3. The van der Waals surface area contributed by atoms with Gasteiger partial charge in [0, 0.05) is 25.2 Å². The maximum atomic E-state index is 5.38. The summed E-state index contributed by atoms with van der Waals surface area (Å²) in [5.41, 5.74) is 0.305. The predicted octanol–water partition coefficient (Wildman–Crippen LogP) is 1.10. The number of ether oxygens (including phenoxy) is 1. The van der Waals surface area contributed by atoms with Gasteiger partial charge in [0.2, 0.25) is 0 Å². The van der Waals surface area contributed by atoms with E-state index in [2.05, 4.69) is 31.0 Å². The number of hydrogen-bond acceptors (Lipinski definition) is 3. The van der Waals surface area contributed by atoms with Gasteiger partial charge in [-0.05, 0) is 19.9 Å². The van der Waals surface area contributed by atoms with E-state index in [1.807, 2.05) is 0 Å². The Morgan fingerprint density at radius 2 is 1.93 bits per heavy atom. The highest BCUT2D eigenvalue weighted by atomic mass is 16.5. The zero-order valence-electron chi connectivity index (χ0n) is 9.81. The number of nitrogens with one attached hydrogen (secondary N) is 1. The first-order valence-electron chi connectivity index (χ1n) is 5.76. The van der Waals surface area contributed by atoms with Crippen LogP contribution in [0.2, 0.25) is 0 Å². The zero-order valence-corrected chi connectivity index (χ0v) is 9.81. The Balaban J connectivity index is 2.47. The van der Waals surface area contributed by atoms with Gasteiger partial charge < -0.3 is 10.1 Å². The molecule has 84 valence electrons. The minimum absolute atomic E-state index is 0.305. The van der Waals surface area contributed by atoms with Crippen molar-refractivity contribution in [3.63, 3.8) is 0 Å². The highest BCUT2D eigenvalue weighted by molar-refractivity contribution is 4.88. The molecule has 3 heteroatoms. The Labute approximate surface area is 87.8 Å². The minimum Gasteiger partial charge on any atom is -0.379 e. The maximum Gasteiger partial charge on any atom is 0.0594 e. The number of nitrogens with zero attached hydrogens (tertiary/aromatic N) is 1. The molecule has 0 aliphatic carbocycles. The molecule has 0 saturated carbocycles. The van der Waals surface area contributed by atoms with Crippen molar-refractivity contribution in [2.75, 3.05) is 39.4 Å². The first-order chi connectivity index (χ1) is 6.73. The first-order valence-corrected chi connectivity index (χ1v) is 5.76. The van der Waals surface area contributed by atoms with Crippen LogP contribution < -0.4 is 5.32 Å². The van der Waals surface area contributed by atoms with E-state index in [0.29, 0.717) is 5.54 Å². The molecule has 14 heavy (non-hydrogen) atoms. The third-order valence-electron chi connectivity index (χ3n) is 3.29. The van der Waals surface area contributed by atoms with E-state index >= 15 is 0 Å². The lowest BCUT2D eigenvalue weighted by Gasteiger charge is -2.43. The predicted molar refractivity (Wildman–Crippen MR) is 59.6 cm³/mol. The molecule has 1 N–H and O–H groups in total. The fraction of sp³-hybridized carbons (Fsp3) is 1.00. The fourth-order valence-corrected chi connectivity index (χ4v) is 1.96. The van der Waals surface area contributed by atoms with Crippen molar-refractivity contribution < 1.29 is 4.74 Å². The second kappa shape index (κ2) is 5.69. The third-order valence-corrected chi connectivity index (χ3v) is 3.29. The van der Waals surface area contributed by atoms with Crippen LogP contribution >= 0.6 is 0 Å². The lowest BCUT2D eigenvalue weighted by atomic mass is 9.95. The van der Waals surface area contributed by atoms with E-state index in [4.69, 9.17) is 4.74 Å². The van der Waals surface area contributed by atoms with Crippen LogP contribution in [-0.4, -0.2) is 49.8 Å². The van der Waals surface area contributed by atoms with Gasteiger partial charge in [0.25, 0.3) is 0 Å². The summed E-state index contributed by atoms with van der Waals surface area (Å²) >= 11 is 0. The number of likely N-dealkylation sites (N-methyl/N-ethyl adjacent to an activating group) is 1. The van der Waals surface area contributed by atoms with Gasteiger partial charge in [0.05, 0.1) is 13.2 Å². The van der Waals surface area contributed by atoms with Gasteiger partial charge >= 0.3 is 0 Å². The lowest BCUT2D eigenvalue weighted by molar-refractivity contribution is -0.0172. The first kappa shape index (κ1) is 12.0. The molecule has 1 rings (SSSR count). The van der Waals surface area contributed by atoms with E-state index in [1.54, 1.807) is 0 Å². The van der Waals surface area contributed by atoms with Crippen LogP contribution in [0.1, 0.15) is 27.2 Å². The lowest BCUT2D eigenvalue weighted by Crippen LogP contribution is -2.56. The summed E-state index contributed by atoms with van der Waals surface area (Å²) in [5.74, 6) is 0. The van der Waals surface area contributed by atoms with Gasteiger partial charge in [0.15, 0.2) is 0 Å². The van der Waals surface area contributed by atoms with Crippen molar-refractivity contribution in [3.8, 4) is 0 Å². The summed E-state index contributed by atoms with van der Waals surface area (Å²) in [4.78, 5) is 2.55. The van der Waals surface area contributed by atoms with E-state index in [1.165, 1.54) is 6.42 Å². The van der Waals surface area contributed by atoms with Crippen LogP contribution in [0.25, 0.3) is 0 Å². The summed E-state index contributed by atoms with van der Waals surface area (Å²) in [6.07, 6.45) is 1.19. The second-order valence-corrected chi connectivity index (χ2v) is 4.23. The number of morpholine rings is 1. The Morgan fingerprint density at radius 1 is 1.29 bits per heavy atom. The Morgan fingerprint density at radius 3 is 2.43 bits per heavy atom. The second-order valence-electron chi connectivity index (χ2n) is 4.23. The van der Waals surface area contributed by atoms with Gasteiger partial charge in [-0.2, -0.15) is 0 Å². The molecule has 1 fully saturated rings. The number of rotatable bonds is 5. The van der Waals surface area contributed by atoms with Gasteiger partial charge in [-0.25, -0.2) is 0 Å². The van der Waals surface area contributed by atoms with Crippen LogP contribution in [-0.2, 0) is 4.74 Å².